The van der Waals surface area contributed by atoms with Crippen molar-refractivity contribution < 1.29 is 10.0 Å². The molecular formula is C9H10NO2. The Labute approximate surface area is 71.2 Å². The lowest BCUT2D eigenvalue weighted by Crippen LogP contribution is -2.19. The maximum atomic E-state index is 9.88. The molecule has 0 aromatic heterocycles. The first-order chi connectivity index (χ1) is 5.83. The van der Waals surface area contributed by atoms with Crippen LogP contribution in [-0.2, 0) is 11.2 Å². The smallest absolute Gasteiger partial charge is 0.285 e. The first-order valence-corrected chi connectivity index (χ1v) is 3.71. The molecule has 3 nitrogen and oxygen atoms in total. The molecule has 0 saturated carbocycles. The number of hydrogen-bond donors (Lipinski definition) is 1. The molecule has 1 aromatic carbocycles. The minimum absolute atomic E-state index is 0.285. The summed E-state index contributed by atoms with van der Waals surface area (Å²) in [6.07, 6.45) is 2.02. The molecular weight excluding hydrogens is 154 g/mol. The summed E-state index contributed by atoms with van der Waals surface area (Å²) in [5.74, 6) is 0. The van der Waals surface area contributed by atoms with Crippen LogP contribution in [-0.4, -0.2) is 23.2 Å². The van der Waals surface area contributed by atoms with Gasteiger partial charge in [-0.2, -0.15) is 0 Å². The summed E-state index contributed by atoms with van der Waals surface area (Å²) in [6.45, 7) is 0.285. The fourth-order valence-electron chi connectivity index (χ4n) is 0.925. The number of benzene rings is 1. The lowest BCUT2D eigenvalue weighted by molar-refractivity contribution is -0.0156. The monoisotopic (exact) mass is 164 g/mol. The third-order valence-corrected chi connectivity index (χ3v) is 1.56. The first kappa shape index (κ1) is 8.74. The van der Waals surface area contributed by atoms with Gasteiger partial charge in [0.15, 0.2) is 0 Å². The maximum Gasteiger partial charge on any atom is 0.337 e. The van der Waals surface area contributed by atoms with Gasteiger partial charge in [-0.05, 0) is 12.0 Å². The SMILES string of the molecule is O=[C]N(O)CCc1ccccc1. The fraction of sp³-hybridized carbons (Fsp3) is 0.222. The second-order valence-corrected chi connectivity index (χ2v) is 2.45. The van der Waals surface area contributed by atoms with Crippen molar-refractivity contribution in [3.8, 4) is 0 Å². The number of rotatable bonds is 4. The third kappa shape index (κ3) is 2.72. The Hall–Kier alpha value is -1.35. The van der Waals surface area contributed by atoms with Crippen molar-refractivity contribution in [1.82, 2.24) is 5.06 Å². The molecule has 0 aliphatic rings. The molecule has 0 spiro atoms. The minimum atomic E-state index is 0.285. The molecule has 3 heteroatoms. The molecule has 1 N–H and O–H groups in total. The number of carbonyl (C=O) groups excluding carboxylic acids is 1. The van der Waals surface area contributed by atoms with Crippen LogP contribution in [0.2, 0.25) is 0 Å². The zero-order valence-electron chi connectivity index (χ0n) is 6.60. The topological polar surface area (TPSA) is 40.5 Å². The van der Waals surface area contributed by atoms with E-state index in [1.807, 2.05) is 30.3 Å². The summed E-state index contributed by atoms with van der Waals surface area (Å²) in [5, 5.41) is 9.25. The predicted molar refractivity (Wildman–Crippen MR) is 44.3 cm³/mol. The summed E-state index contributed by atoms with van der Waals surface area (Å²) < 4.78 is 0. The van der Waals surface area contributed by atoms with E-state index in [9.17, 15) is 4.79 Å². The molecule has 1 radical (unpaired) electrons. The Morgan fingerprint density at radius 2 is 2.00 bits per heavy atom. The van der Waals surface area contributed by atoms with Crippen molar-refractivity contribution >= 4 is 6.41 Å². The Morgan fingerprint density at radius 1 is 1.33 bits per heavy atom. The van der Waals surface area contributed by atoms with Crippen molar-refractivity contribution in [3.63, 3.8) is 0 Å². The van der Waals surface area contributed by atoms with Gasteiger partial charge in [0.1, 0.15) is 0 Å². The molecule has 0 atom stereocenters. The zero-order valence-corrected chi connectivity index (χ0v) is 6.60. The van der Waals surface area contributed by atoms with Crippen molar-refractivity contribution in [2.75, 3.05) is 6.54 Å². The van der Waals surface area contributed by atoms with E-state index >= 15 is 0 Å². The van der Waals surface area contributed by atoms with Crippen LogP contribution in [0.1, 0.15) is 5.56 Å². The average Bonchev–Trinajstić information content (AvgIpc) is 2.16. The van der Waals surface area contributed by atoms with E-state index in [1.54, 1.807) is 0 Å². The largest absolute Gasteiger partial charge is 0.337 e. The van der Waals surface area contributed by atoms with Crippen molar-refractivity contribution in [3.05, 3.63) is 35.9 Å². The molecule has 0 unspecified atom stereocenters. The molecule has 12 heavy (non-hydrogen) atoms. The second kappa shape index (κ2) is 4.51. The highest BCUT2D eigenvalue weighted by atomic mass is 16.5. The summed E-state index contributed by atoms with van der Waals surface area (Å²) in [6, 6.07) is 9.65. The van der Waals surface area contributed by atoms with Crippen LogP contribution in [0.15, 0.2) is 30.3 Å². The van der Waals surface area contributed by atoms with Crippen LogP contribution in [0.25, 0.3) is 0 Å². The molecule has 0 heterocycles. The van der Waals surface area contributed by atoms with E-state index in [0.717, 1.165) is 5.56 Å². The van der Waals surface area contributed by atoms with Gasteiger partial charge in [0.2, 0.25) is 0 Å². The Morgan fingerprint density at radius 3 is 2.58 bits per heavy atom. The number of nitrogens with zero attached hydrogens (tertiary/aromatic N) is 1. The quantitative estimate of drug-likeness (QED) is 0.409. The Bertz CT molecular complexity index is 236. The second-order valence-electron chi connectivity index (χ2n) is 2.45. The van der Waals surface area contributed by atoms with Crippen molar-refractivity contribution in [1.29, 1.82) is 0 Å². The summed E-state index contributed by atoms with van der Waals surface area (Å²) in [4.78, 5) is 9.88. The highest BCUT2D eigenvalue weighted by molar-refractivity contribution is 5.45. The van der Waals surface area contributed by atoms with Crippen LogP contribution < -0.4 is 0 Å². The summed E-state index contributed by atoms with van der Waals surface area (Å²) >= 11 is 0. The average molecular weight is 164 g/mol. The zero-order chi connectivity index (χ0) is 8.81. The maximum absolute atomic E-state index is 9.88. The molecule has 0 aliphatic heterocycles. The van der Waals surface area contributed by atoms with Gasteiger partial charge in [-0.25, -0.2) is 5.06 Å². The van der Waals surface area contributed by atoms with Crippen LogP contribution >= 0.6 is 0 Å². The van der Waals surface area contributed by atoms with E-state index in [0.29, 0.717) is 11.5 Å². The highest BCUT2D eigenvalue weighted by Crippen LogP contribution is 1.99. The van der Waals surface area contributed by atoms with Gasteiger partial charge in [0, 0.05) is 0 Å². The van der Waals surface area contributed by atoms with E-state index in [4.69, 9.17) is 5.21 Å². The molecule has 63 valence electrons. The summed E-state index contributed by atoms with van der Waals surface area (Å²) in [5.41, 5.74) is 1.09. The fourth-order valence-corrected chi connectivity index (χ4v) is 0.925. The van der Waals surface area contributed by atoms with Gasteiger partial charge in [-0.3, -0.25) is 10.0 Å². The molecule has 0 aliphatic carbocycles. The van der Waals surface area contributed by atoms with Gasteiger partial charge in [-0.15, -0.1) is 0 Å². The third-order valence-electron chi connectivity index (χ3n) is 1.56. The predicted octanol–water partition coefficient (Wildman–Crippen LogP) is 0.988. The van der Waals surface area contributed by atoms with E-state index in [1.165, 1.54) is 6.41 Å². The van der Waals surface area contributed by atoms with E-state index < -0.39 is 0 Å². The Balaban J connectivity index is 2.38. The van der Waals surface area contributed by atoms with Gasteiger partial charge < -0.3 is 0 Å². The van der Waals surface area contributed by atoms with Crippen LogP contribution in [0, 0.1) is 0 Å². The number of hydroxylamine groups is 2. The van der Waals surface area contributed by atoms with E-state index in [2.05, 4.69) is 0 Å². The minimum Gasteiger partial charge on any atom is -0.285 e. The number of amides is 1. The van der Waals surface area contributed by atoms with Gasteiger partial charge >= 0.3 is 6.41 Å². The molecule has 0 bridgehead atoms. The van der Waals surface area contributed by atoms with Gasteiger partial charge in [-0.1, -0.05) is 30.3 Å². The Kier molecular flexibility index (Phi) is 3.29. The van der Waals surface area contributed by atoms with Crippen molar-refractivity contribution in [2.45, 2.75) is 6.42 Å². The molecule has 1 aromatic rings. The van der Waals surface area contributed by atoms with Crippen LogP contribution in [0.5, 0.6) is 0 Å². The van der Waals surface area contributed by atoms with Gasteiger partial charge in [0.05, 0.1) is 6.54 Å². The highest BCUT2D eigenvalue weighted by Gasteiger charge is 1.97. The number of hydrogen-bond acceptors (Lipinski definition) is 2. The van der Waals surface area contributed by atoms with Crippen LogP contribution in [0.4, 0.5) is 0 Å². The molecule has 1 amide bonds. The molecule has 0 saturated heterocycles. The van der Waals surface area contributed by atoms with Crippen LogP contribution in [0.3, 0.4) is 0 Å². The first-order valence-electron chi connectivity index (χ1n) is 3.71. The lowest BCUT2D eigenvalue weighted by Gasteiger charge is -2.06. The molecule has 0 fully saturated rings. The standard InChI is InChI=1S/C9H10NO2/c11-8-10(12)7-6-9-4-2-1-3-5-9/h1-5,12H,6-7H2. The van der Waals surface area contributed by atoms with Gasteiger partial charge in [0.25, 0.3) is 0 Å². The lowest BCUT2D eigenvalue weighted by atomic mass is 10.1. The van der Waals surface area contributed by atoms with E-state index in [-0.39, 0.29) is 6.54 Å². The normalized spacial score (nSPS) is 9.42. The molecule has 1 rings (SSSR count). The van der Waals surface area contributed by atoms with Crippen molar-refractivity contribution in [2.24, 2.45) is 0 Å². The summed E-state index contributed by atoms with van der Waals surface area (Å²) in [7, 11) is 0.